The van der Waals surface area contributed by atoms with Crippen molar-refractivity contribution in [3.63, 3.8) is 0 Å². The van der Waals surface area contributed by atoms with Gasteiger partial charge in [0, 0.05) is 6.54 Å². The lowest BCUT2D eigenvalue weighted by Crippen LogP contribution is -2.10. The van der Waals surface area contributed by atoms with Crippen LogP contribution in [0.1, 0.15) is 18.6 Å². The molecule has 2 N–H and O–H groups in total. The number of rotatable bonds is 4. The second-order valence-corrected chi connectivity index (χ2v) is 2.86. The van der Waals surface area contributed by atoms with E-state index in [9.17, 15) is 4.39 Å². The van der Waals surface area contributed by atoms with Gasteiger partial charge >= 0.3 is 0 Å². The SMILES string of the molecule is CC(OCCN)c1cccc(F)c1. The predicted octanol–water partition coefficient (Wildman–Crippen LogP) is 1.86. The van der Waals surface area contributed by atoms with E-state index in [1.54, 1.807) is 6.07 Å². The van der Waals surface area contributed by atoms with E-state index in [-0.39, 0.29) is 11.9 Å². The summed E-state index contributed by atoms with van der Waals surface area (Å²) in [5, 5.41) is 0. The van der Waals surface area contributed by atoms with Gasteiger partial charge in [-0.15, -0.1) is 0 Å². The standard InChI is InChI=1S/C10H14FNO/c1-8(13-6-5-12)9-3-2-4-10(11)7-9/h2-4,7-8H,5-6,12H2,1H3. The molecule has 0 aliphatic carbocycles. The van der Waals surface area contributed by atoms with Gasteiger partial charge in [-0.05, 0) is 24.6 Å². The molecule has 1 aromatic carbocycles. The number of ether oxygens (including phenoxy) is 1. The maximum absolute atomic E-state index is 12.8. The summed E-state index contributed by atoms with van der Waals surface area (Å²) in [5.41, 5.74) is 6.13. The van der Waals surface area contributed by atoms with Crippen molar-refractivity contribution in [1.82, 2.24) is 0 Å². The molecule has 0 heterocycles. The van der Waals surface area contributed by atoms with Crippen LogP contribution in [0.15, 0.2) is 24.3 Å². The molecule has 13 heavy (non-hydrogen) atoms. The minimum absolute atomic E-state index is 0.0979. The van der Waals surface area contributed by atoms with Crippen molar-refractivity contribution in [2.24, 2.45) is 5.73 Å². The average Bonchev–Trinajstić information content (AvgIpc) is 2.14. The van der Waals surface area contributed by atoms with Crippen LogP contribution in [-0.2, 0) is 4.74 Å². The lowest BCUT2D eigenvalue weighted by molar-refractivity contribution is 0.0716. The molecule has 1 aromatic rings. The van der Waals surface area contributed by atoms with Crippen molar-refractivity contribution >= 4 is 0 Å². The summed E-state index contributed by atoms with van der Waals surface area (Å²) in [6.07, 6.45) is -0.0979. The topological polar surface area (TPSA) is 35.2 Å². The van der Waals surface area contributed by atoms with Crippen LogP contribution in [0.2, 0.25) is 0 Å². The van der Waals surface area contributed by atoms with Crippen molar-refractivity contribution in [3.05, 3.63) is 35.6 Å². The van der Waals surface area contributed by atoms with Gasteiger partial charge in [-0.3, -0.25) is 0 Å². The molecule has 0 fully saturated rings. The molecule has 0 aliphatic heterocycles. The van der Waals surface area contributed by atoms with Gasteiger partial charge in [0.2, 0.25) is 0 Å². The third-order valence-corrected chi connectivity index (χ3v) is 1.80. The quantitative estimate of drug-likeness (QED) is 0.773. The highest BCUT2D eigenvalue weighted by Crippen LogP contribution is 2.16. The molecule has 0 saturated heterocycles. The van der Waals surface area contributed by atoms with Crippen molar-refractivity contribution in [3.8, 4) is 0 Å². The summed E-state index contributed by atoms with van der Waals surface area (Å²) in [6.45, 7) is 2.86. The zero-order valence-corrected chi connectivity index (χ0v) is 7.66. The molecule has 0 saturated carbocycles. The second kappa shape index (κ2) is 4.94. The van der Waals surface area contributed by atoms with E-state index >= 15 is 0 Å². The van der Waals surface area contributed by atoms with Gasteiger partial charge < -0.3 is 10.5 Å². The zero-order valence-electron chi connectivity index (χ0n) is 7.66. The van der Waals surface area contributed by atoms with Crippen molar-refractivity contribution in [1.29, 1.82) is 0 Å². The highest BCUT2D eigenvalue weighted by Gasteiger charge is 2.05. The van der Waals surface area contributed by atoms with Gasteiger partial charge in [0.1, 0.15) is 5.82 Å². The fourth-order valence-electron chi connectivity index (χ4n) is 1.10. The minimum Gasteiger partial charge on any atom is -0.373 e. The molecular weight excluding hydrogens is 169 g/mol. The maximum atomic E-state index is 12.8. The Balaban J connectivity index is 2.60. The van der Waals surface area contributed by atoms with E-state index in [1.807, 2.05) is 13.0 Å². The Hall–Kier alpha value is -0.930. The van der Waals surface area contributed by atoms with Crippen LogP contribution in [0.5, 0.6) is 0 Å². The summed E-state index contributed by atoms with van der Waals surface area (Å²) in [6, 6.07) is 6.40. The first-order valence-electron chi connectivity index (χ1n) is 4.31. The maximum Gasteiger partial charge on any atom is 0.123 e. The molecule has 0 radical (unpaired) electrons. The van der Waals surface area contributed by atoms with Gasteiger partial charge in [0.05, 0.1) is 12.7 Å². The number of halogens is 1. The molecule has 0 spiro atoms. The van der Waals surface area contributed by atoms with Gasteiger partial charge in [-0.1, -0.05) is 12.1 Å². The molecule has 1 rings (SSSR count). The largest absolute Gasteiger partial charge is 0.373 e. The molecule has 72 valence electrons. The van der Waals surface area contributed by atoms with E-state index in [0.717, 1.165) is 5.56 Å². The van der Waals surface area contributed by atoms with Crippen LogP contribution in [-0.4, -0.2) is 13.2 Å². The van der Waals surface area contributed by atoms with Crippen LogP contribution in [0.3, 0.4) is 0 Å². The molecule has 0 aromatic heterocycles. The highest BCUT2D eigenvalue weighted by molar-refractivity contribution is 5.18. The van der Waals surface area contributed by atoms with E-state index < -0.39 is 0 Å². The third-order valence-electron chi connectivity index (χ3n) is 1.80. The van der Waals surface area contributed by atoms with Gasteiger partial charge in [0.15, 0.2) is 0 Å². The first kappa shape index (κ1) is 10.2. The predicted molar refractivity (Wildman–Crippen MR) is 49.8 cm³/mol. The Morgan fingerprint density at radius 3 is 2.92 bits per heavy atom. The monoisotopic (exact) mass is 183 g/mol. The van der Waals surface area contributed by atoms with Gasteiger partial charge in [-0.2, -0.15) is 0 Å². The Kier molecular flexibility index (Phi) is 3.86. The number of nitrogens with two attached hydrogens (primary N) is 1. The van der Waals surface area contributed by atoms with Crippen molar-refractivity contribution in [2.75, 3.05) is 13.2 Å². The molecular formula is C10H14FNO. The Bertz CT molecular complexity index is 265. The zero-order chi connectivity index (χ0) is 9.68. The normalized spacial score (nSPS) is 12.8. The van der Waals surface area contributed by atoms with Crippen LogP contribution in [0.25, 0.3) is 0 Å². The summed E-state index contributed by atoms with van der Waals surface area (Å²) in [4.78, 5) is 0. The third kappa shape index (κ3) is 3.13. The molecule has 2 nitrogen and oxygen atoms in total. The van der Waals surface area contributed by atoms with Crippen LogP contribution < -0.4 is 5.73 Å². The van der Waals surface area contributed by atoms with Crippen molar-refractivity contribution < 1.29 is 9.13 Å². The number of hydrogen-bond donors (Lipinski definition) is 1. The van der Waals surface area contributed by atoms with E-state index in [2.05, 4.69) is 0 Å². The second-order valence-electron chi connectivity index (χ2n) is 2.86. The number of benzene rings is 1. The Morgan fingerprint density at radius 2 is 2.31 bits per heavy atom. The van der Waals surface area contributed by atoms with Crippen LogP contribution in [0, 0.1) is 5.82 Å². The molecule has 0 aliphatic rings. The van der Waals surface area contributed by atoms with Crippen LogP contribution >= 0.6 is 0 Å². The summed E-state index contributed by atoms with van der Waals surface area (Å²) in [5.74, 6) is -0.235. The number of hydrogen-bond acceptors (Lipinski definition) is 2. The molecule has 1 atom stereocenters. The van der Waals surface area contributed by atoms with E-state index in [1.165, 1.54) is 12.1 Å². The van der Waals surface area contributed by atoms with E-state index in [0.29, 0.717) is 13.2 Å². The fourth-order valence-corrected chi connectivity index (χ4v) is 1.10. The Labute approximate surface area is 77.5 Å². The smallest absolute Gasteiger partial charge is 0.123 e. The molecule has 1 unspecified atom stereocenters. The molecule has 0 amide bonds. The summed E-state index contributed by atoms with van der Waals surface area (Å²) < 4.78 is 18.1. The summed E-state index contributed by atoms with van der Waals surface area (Å²) in [7, 11) is 0. The lowest BCUT2D eigenvalue weighted by atomic mass is 10.1. The molecule has 3 heteroatoms. The van der Waals surface area contributed by atoms with Gasteiger partial charge in [-0.25, -0.2) is 4.39 Å². The average molecular weight is 183 g/mol. The minimum atomic E-state index is -0.235. The summed E-state index contributed by atoms with van der Waals surface area (Å²) >= 11 is 0. The fraction of sp³-hybridized carbons (Fsp3) is 0.400. The first-order valence-corrected chi connectivity index (χ1v) is 4.31. The van der Waals surface area contributed by atoms with E-state index in [4.69, 9.17) is 10.5 Å². The first-order chi connectivity index (χ1) is 6.24. The highest BCUT2D eigenvalue weighted by atomic mass is 19.1. The molecule has 0 bridgehead atoms. The van der Waals surface area contributed by atoms with Gasteiger partial charge in [0.25, 0.3) is 0 Å². The van der Waals surface area contributed by atoms with Crippen LogP contribution in [0.4, 0.5) is 4.39 Å². The Morgan fingerprint density at radius 1 is 1.54 bits per heavy atom. The van der Waals surface area contributed by atoms with Crippen molar-refractivity contribution in [2.45, 2.75) is 13.0 Å². The lowest BCUT2D eigenvalue weighted by Gasteiger charge is -2.12.